The second-order valence-electron chi connectivity index (χ2n) is 3.68. The summed E-state index contributed by atoms with van der Waals surface area (Å²) in [6, 6.07) is 4.45. The van der Waals surface area contributed by atoms with E-state index in [0.29, 0.717) is 19.1 Å². The first-order valence-corrected chi connectivity index (χ1v) is 4.94. The Morgan fingerprint density at radius 3 is 2.00 bits per heavy atom. The van der Waals surface area contributed by atoms with Crippen molar-refractivity contribution in [1.82, 2.24) is 4.90 Å². The number of hydrogen-bond donors (Lipinski definition) is 1. The summed E-state index contributed by atoms with van der Waals surface area (Å²) in [5.41, 5.74) is 0. The van der Waals surface area contributed by atoms with Crippen LogP contribution in [0.25, 0.3) is 0 Å². The van der Waals surface area contributed by atoms with Gasteiger partial charge in [0.05, 0.1) is 31.3 Å². The van der Waals surface area contributed by atoms with E-state index in [1.54, 1.807) is 0 Å². The fourth-order valence-electron chi connectivity index (χ4n) is 1.92. The Morgan fingerprint density at radius 2 is 1.57 bits per heavy atom. The van der Waals surface area contributed by atoms with Crippen molar-refractivity contribution in [3.63, 3.8) is 0 Å². The average Bonchev–Trinajstić information content (AvgIpc) is 2.19. The fourth-order valence-corrected chi connectivity index (χ4v) is 1.92. The van der Waals surface area contributed by atoms with Crippen molar-refractivity contribution in [3.8, 4) is 12.1 Å². The van der Waals surface area contributed by atoms with Gasteiger partial charge in [0.2, 0.25) is 0 Å². The van der Waals surface area contributed by atoms with Gasteiger partial charge in [-0.2, -0.15) is 10.5 Å². The van der Waals surface area contributed by atoms with Crippen LogP contribution in [-0.2, 0) is 0 Å². The number of aliphatic hydroxyl groups is 1. The third kappa shape index (κ3) is 2.99. The molecule has 0 unspecified atom stereocenters. The van der Waals surface area contributed by atoms with Crippen molar-refractivity contribution in [2.45, 2.75) is 37.8 Å². The van der Waals surface area contributed by atoms with Crippen LogP contribution in [0.15, 0.2) is 0 Å². The van der Waals surface area contributed by atoms with E-state index in [1.807, 2.05) is 4.90 Å². The van der Waals surface area contributed by atoms with Gasteiger partial charge in [0, 0.05) is 6.04 Å². The normalized spacial score (nSPS) is 26.9. The zero-order valence-corrected chi connectivity index (χ0v) is 8.19. The van der Waals surface area contributed by atoms with Crippen molar-refractivity contribution in [2.75, 3.05) is 13.1 Å². The van der Waals surface area contributed by atoms with Gasteiger partial charge in [0.1, 0.15) is 0 Å². The molecule has 1 rings (SSSR count). The van der Waals surface area contributed by atoms with E-state index < -0.39 is 0 Å². The van der Waals surface area contributed by atoms with E-state index >= 15 is 0 Å². The van der Waals surface area contributed by atoms with Gasteiger partial charge in [-0.25, -0.2) is 0 Å². The van der Waals surface area contributed by atoms with Gasteiger partial charge in [-0.3, -0.25) is 4.90 Å². The van der Waals surface area contributed by atoms with Crippen LogP contribution >= 0.6 is 0 Å². The Balaban J connectivity index is 2.44. The summed E-state index contributed by atoms with van der Waals surface area (Å²) in [7, 11) is 0. The molecule has 1 saturated carbocycles. The van der Waals surface area contributed by atoms with E-state index in [0.717, 1.165) is 25.7 Å². The molecule has 0 spiro atoms. The molecule has 0 radical (unpaired) electrons. The second kappa shape index (κ2) is 5.59. The molecule has 76 valence electrons. The Bertz CT molecular complexity index is 229. The minimum atomic E-state index is -0.183. The quantitative estimate of drug-likeness (QED) is 0.668. The Morgan fingerprint density at radius 1 is 1.07 bits per heavy atom. The lowest BCUT2D eigenvalue weighted by Gasteiger charge is -2.32. The largest absolute Gasteiger partial charge is 0.393 e. The third-order valence-corrected chi connectivity index (χ3v) is 2.73. The summed E-state index contributed by atoms with van der Waals surface area (Å²) in [6.45, 7) is 0.628. The average molecular weight is 193 g/mol. The summed E-state index contributed by atoms with van der Waals surface area (Å²) >= 11 is 0. The molecule has 1 aliphatic rings. The molecule has 1 aliphatic carbocycles. The highest BCUT2D eigenvalue weighted by Gasteiger charge is 2.24. The van der Waals surface area contributed by atoms with E-state index in [9.17, 15) is 5.11 Å². The van der Waals surface area contributed by atoms with Gasteiger partial charge >= 0.3 is 0 Å². The number of nitriles is 2. The topological polar surface area (TPSA) is 71.0 Å². The summed E-state index contributed by atoms with van der Waals surface area (Å²) in [6.07, 6.45) is 3.18. The van der Waals surface area contributed by atoms with Crippen molar-refractivity contribution in [1.29, 1.82) is 10.5 Å². The molecular formula is C10H15N3O. The lowest BCUT2D eigenvalue weighted by Crippen LogP contribution is -2.39. The smallest absolute Gasteiger partial charge is 0.0876 e. The minimum absolute atomic E-state index is 0.183. The van der Waals surface area contributed by atoms with Crippen molar-refractivity contribution in [2.24, 2.45) is 0 Å². The highest BCUT2D eigenvalue weighted by atomic mass is 16.3. The predicted molar refractivity (Wildman–Crippen MR) is 51.1 cm³/mol. The molecule has 0 amide bonds. The molecule has 0 saturated heterocycles. The SMILES string of the molecule is N#CCN(CC#N)C1CCC(O)CC1. The molecule has 0 atom stereocenters. The summed E-state index contributed by atoms with van der Waals surface area (Å²) in [5.74, 6) is 0. The van der Waals surface area contributed by atoms with E-state index in [4.69, 9.17) is 10.5 Å². The first kappa shape index (κ1) is 11.0. The van der Waals surface area contributed by atoms with Gasteiger partial charge < -0.3 is 5.11 Å². The maximum absolute atomic E-state index is 9.32. The fraction of sp³-hybridized carbons (Fsp3) is 0.800. The predicted octanol–water partition coefficient (Wildman–Crippen LogP) is 0.639. The van der Waals surface area contributed by atoms with E-state index in [1.165, 1.54) is 0 Å². The van der Waals surface area contributed by atoms with Crippen LogP contribution < -0.4 is 0 Å². The Hall–Kier alpha value is -1.10. The van der Waals surface area contributed by atoms with Crippen LogP contribution in [0.5, 0.6) is 0 Å². The lowest BCUT2D eigenvalue weighted by molar-refractivity contribution is 0.0842. The van der Waals surface area contributed by atoms with Gasteiger partial charge in [-0.05, 0) is 25.7 Å². The standard InChI is InChI=1S/C10H15N3O/c11-5-7-13(8-6-12)9-1-3-10(14)4-2-9/h9-10,14H,1-4,7-8H2. The maximum atomic E-state index is 9.32. The number of rotatable bonds is 3. The first-order valence-electron chi connectivity index (χ1n) is 4.94. The molecule has 14 heavy (non-hydrogen) atoms. The molecule has 0 aromatic carbocycles. The van der Waals surface area contributed by atoms with Gasteiger partial charge in [-0.15, -0.1) is 0 Å². The Kier molecular flexibility index (Phi) is 4.39. The highest BCUT2D eigenvalue weighted by molar-refractivity contribution is 4.89. The molecule has 4 nitrogen and oxygen atoms in total. The first-order chi connectivity index (χ1) is 6.77. The van der Waals surface area contributed by atoms with Crippen molar-refractivity contribution in [3.05, 3.63) is 0 Å². The van der Waals surface area contributed by atoms with E-state index in [2.05, 4.69) is 12.1 Å². The van der Waals surface area contributed by atoms with Crippen LogP contribution in [0, 0.1) is 22.7 Å². The van der Waals surface area contributed by atoms with Crippen LogP contribution in [0.4, 0.5) is 0 Å². The minimum Gasteiger partial charge on any atom is -0.393 e. The number of hydrogen-bond acceptors (Lipinski definition) is 4. The van der Waals surface area contributed by atoms with E-state index in [-0.39, 0.29) is 6.10 Å². The number of nitrogens with zero attached hydrogens (tertiary/aromatic N) is 3. The van der Waals surface area contributed by atoms with Crippen molar-refractivity contribution >= 4 is 0 Å². The summed E-state index contributed by atoms with van der Waals surface area (Å²) in [5, 5.41) is 26.5. The highest BCUT2D eigenvalue weighted by Crippen LogP contribution is 2.22. The molecule has 0 aliphatic heterocycles. The zero-order chi connectivity index (χ0) is 10.4. The van der Waals surface area contributed by atoms with Gasteiger partial charge in [-0.1, -0.05) is 0 Å². The molecule has 4 heteroatoms. The molecular weight excluding hydrogens is 178 g/mol. The molecule has 0 aromatic rings. The van der Waals surface area contributed by atoms with Crippen LogP contribution in [-0.4, -0.2) is 35.2 Å². The Labute approximate surface area is 84.4 Å². The molecule has 1 fully saturated rings. The van der Waals surface area contributed by atoms with Gasteiger partial charge in [0.25, 0.3) is 0 Å². The number of aliphatic hydroxyl groups excluding tert-OH is 1. The summed E-state index contributed by atoms with van der Waals surface area (Å²) < 4.78 is 0. The molecule has 0 heterocycles. The lowest BCUT2D eigenvalue weighted by atomic mass is 9.92. The van der Waals surface area contributed by atoms with Gasteiger partial charge in [0.15, 0.2) is 0 Å². The van der Waals surface area contributed by atoms with Crippen LogP contribution in [0.1, 0.15) is 25.7 Å². The summed E-state index contributed by atoms with van der Waals surface area (Å²) in [4.78, 5) is 1.89. The maximum Gasteiger partial charge on any atom is 0.0876 e. The van der Waals surface area contributed by atoms with Crippen LogP contribution in [0.2, 0.25) is 0 Å². The third-order valence-electron chi connectivity index (χ3n) is 2.73. The monoisotopic (exact) mass is 193 g/mol. The molecule has 1 N–H and O–H groups in total. The van der Waals surface area contributed by atoms with Crippen molar-refractivity contribution < 1.29 is 5.11 Å². The second-order valence-corrected chi connectivity index (χ2v) is 3.68. The zero-order valence-electron chi connectivity index (χ0n) is 8.19. The van der Waals surface area contributed by atoms with Crippen LogP contribution in [0.3, 0.4) is 0 Å². The molecule has 0 bridgehead atoms. The molecule has 0 aromatic heterocycles.